The van der Waals surface area contributed by atoms with E-state index in [1.54, 1.807) is 18.7 Å². The molecule has 4 rings (SSSR count). The summed E-state index contributed by atoms with van der Waals surface area (Å²) >= 11 is 0. The van der Waals surface area contributed by atoms with Gasteiger partial charge in [-0.25, -0.2) is 15.0 Å². The van der Waals surface area contributed by atoms with Crippen molar-refractivity contribution < 1.29 is 4.42 Å². The molecule has 6 heteroatoms. The molecule has 0 aliphatic carbocycles. The summed E-state index contributed by atoms with van der Waals surface area (Å²) in [5.74, 6) is 3.00. The number of furan rings is 1. The molecule has 0 amide bonds. The number of nitrogens with zero attached hydrogens (tertiary/aromatic N) is 4. The summed E-state index contributed by atoms with van der Waals surface area (Å²) < 4.78 is 5.68. The van der Waals surface area contributed by atoms with Crippen molar-refractivity contribution in [2.75, 3.05) is 17.2 Å². The number of hydrogen-bond acceptors (Lipinski definition) is 6. The first-order valence-electron chi connectivity index (χ1n) is 7.89. The van der Waals surface area contributed by atoms with E-state index in [9.17, 15) is 0 Å². The average molecular weight is 309 g/mol. The van der Waals surface area contributed by atoms with E-state index in [1.807, 2.05) is 18.2 Å². The van der Waals surface area contributed by atoms with E-state index in [0.717, 1.165) is 36.4 Å². The van der Waals surface area contributed by atoms with E-state index >= 15 is 0 Å². The fourth-order valence-corrected chi connectivity index (χ4v) is 3.32. The average Bonchev–Trinajstić information content (AvgIpc) is 3.08. The van der Waals surface area contributed by atoms with Crippen LogP contribution in [0.25, 0.3) is 11.0 Å². The van der Waals surface area contributed by atoms with Crippen LogP contribution in [0.15, 0.2) is 41.3 Å². The maximum Gasteiger partial charge on any atom is 0.166 e. The van der Waals surface area contributed by atoms with Gasteiger partial charge < -0.3 is 15.1 Å². The van der Waals surface area contributed by atoms with Gasteiger partial charge in [0.05, 0.1) is 17.7 Å². The molecule has 0 saturated carbocycles. The van der Waals surface area contributed by atoms with E-state index in [2.05, 4.69) is 26.8 Å². The Balaban J connectivity index is 1.81. The summed E-state index contributed by atoms with van der Waals surface area (Å²) in [6.07, 6.45) is 5.46. The molecule has 118 valence electrons. The van der Waals surface area contributed by atoms with Crippen LogP contribution in [-0.2, 0) is 0 Å². The molecule has 0 bridgehead atoms. The molecular weight excluding hydrogens is 290 g/mol. The zero-order valence-corrected chi connectivity index (χ0v) is 13.0. The van der Waals surface area contributed by atoms with Crippen molar-refractivity contribution >= 4 is 22.7 Å². The van der Waals surface area contributed by atoms with Gasteiger partial charge in [-0.05, 0) is 43.0 Å². The number of aromatic nitrogens is 3. The van der Waals surface area contributed by atoms with Crippen LogP contribution in [0.5, 0.6) is 0 Å². The first kappa shape index (κ1) is 14.0. The molecule has 6 nitrogen and oxygen atoms in total. The molecule has 23 heavy (non-hydrogen) atoms. The minimum Gasteiger partial charge on any atom is -0.467 e. The van der Waals surface area contributed by atoms with Gasteiger partial charge in [-0.2, -0.15) is 0 Å². The van der Waals surface area contributed by atoms with E-state index in [1.165, 1.54) is 0 Å². The van der Waals surface area contributed by atoms with Crippen molar-refractivity contribution in [2.45, 2.75) is 25.8 Å². The highest BCUT2D eigenvalue weighted by atomic mass is 16.3. The Hall–Kier alpha value is -2.63. The third-order valence-corrected chi connectivity index (χ3v) is 4.51. The van der Waals surface area contributed by atoms with Crippen LogP contribution in [0.2, 0.25) is 0 Å². The Labute approximate surface area is 134 Å². The molecule has 2 atom stereocenters. The van der Waals surface area contributed by atoms with Crippen LogP contribution in [0.4, 0.5) is 11.6 Å². The normalized spacial score (nSPS) is 21.7. The summed E-state index contributed by atoms with van der Waals surface area (Å²) in [4.78, 5) is 15.4. The van der Waals surface area contributed by atoms with E-state index in [0.29, 0.717) is 17.4 Å². The fourth-order valence-electron chi connectivity index (χ4n) is 3.32. The SMILES string of the molecule is C[C@@H]1CCN(c2ncnc3nc(N)ccc23)[C@@H](c2ccco2)C1. The number of anilines is 2. The quantitative estimate of drug-likeness (QED) is 0.783. The van der Waals surface area contributed by atoms with Crippen LogP contribution >= 0.6 is 0 Å². The van der Waals surface area contributed by atoms with Gasteiger partial charge in [-0.3, -0.25) is 0 Å². The molecule has 1 saturated heterocycles. The lowest BCUT2D eigenvalue weighted by atomic mass is 9.91. The predicted molar refractivity (Wildman–Crippen MR) is 88.9 cm³/mol. The summed E-state index contributed by atoms with van der Waals surface area (Å²) in [6, 6.07) is 7.90. The van der Waals surface area contributed by atoms with Crippen molar-refractivity contribution in [3.05, 3.63) is 42.6 Å². The Morgan fingerprint density at radius 2 is 2.17 bits per heavy atom. The number of nitrogens with two attached hydrogens (primary N) is 1. The minimum absolute atomic E-state index is 0.185. The summed E-state index contributed by atoms with van der Waals surface area (Å²) in [5.41, 5.74) is 6.41. The van der Waals surface area contributed by atoms with Gasteiger partial charge in [0.25, 0.3) is 0 Å². The smallest absolute Gasteiger partial charge is 0.166 e. The summed E-state index contributed by atoms with van der Waals surface area (Å²) in [6.45, 7) is 3.22. The Kier molecular flexibility index (Phi) is 3.37. The van der Waals surface area contributed by atoms with Gasteiger partial charge in [0, 0.05) is 6.54 Å². The lowest BCUT2D eigenvalue weighted by molar-refractivity contribution is 0.327. The van der Waals surface area contributed by atoms with Gasteiger partial charge in [0.15, 0.2) is 5.65 Å². The largest absolute Gasteiger partial charge is 0.467 e. The molecule has 1 fully saturated rings. The number of hydrogen-bond donors (Lipinski definition) is 1. The maximum atomic E-state index is 5.77. The molecule has 0 spiro atoms. The monoisotopic (exact) mass is 309 g/mol. The standard InChI is InChI=1S/C17H19N5O/c1-11-6-7-22(13(9-11)14-3-2-8-23-14)17-12-4-5-15(18)21-16(12)19-10-20-17/h2-5,8,10-11,13H,6-7,9H2,1H3,(H2,18,19,20,21)/t11-,13-/m1/s1. The van der Waals surface area contributed by atoms with Crippen molar-refractivity contribution in [3.8, 4) is 0 Å². The predicted octanol–water partition coefficient (Wildman–Crippen LogP) is 3.18. The number of nitrogen functional groups attached to an aromatic ring is 1. The second-order valence-electron chi connectivity index (χ2n) is 6.16. The topological polar surface area (TPSA) is 81.1 Å². The zero-order valence-electron chi connectivity index (χ0n) is 13.0. The molecule has 3 aromatic heterocycles. The third kappa shape index (κ3) is 2.50. The van der Waals surface area contributed by atoms with Gasteiger partial charge >= 0.3 is 0 Å². The lowest BCUT2D eigenvalue weighted by Gasteiger charge is -2.38. The number of pyridine rings is 1. The second-order valence-corrected chi connectivity index (χ2v) is 6.16. The molecule has 4 heterocycles. The fraction of sp³-hybridized carbons (Fsp3) is 0.353. The molecule has 3 aromatic rings. The van der Waals surface area contributed by atoms with Crippen LogP contribution in [-0.4, -0.2) is 21.5 Å². The number of fused-ring (bicyclic) bond motifs is 1. The van der Waals surface area contributed by atoms with Crippen molar-refractivity contribution in [3.63, 3.8) is 0 Å². The highest BCUT2D eigenvalue weighted by Crippen LogP contribution is 2.38. The van der Waals surface area contributed by atoms with Gasteiger partial charge in [0.2, 0.25) is 0 Å². The van der Waals surface area contributed by atoms with Crippen molar-refractivity contribution in [1.82, 2.24) is 15.0 Å². The van der Waals surface area contributed by atoms with Crippen LogP contribution in [0, 0.1) is 5.92 Å². The molecular formula is C17H19N5O. The maximum absolute atomic E-state index is 5.77. The molecule has 1 aliphatic rings. The van der Waals surface area contributed by atoms with Crippen molar-refractivity contribution in [2.24, 2.45) is 5.92 Å². The number of piperidine rings is 1. The summed E-state index contributed by atoms with van der Waals surface area (Å²) in [7, 11) is 0. The van der Waals surface area contributed by atoms with Gasteiger partial charge in [-0.1, -0.05) is 6.92 Å². The number of rotatable bonds is 2. The Morgan fingerprint density at radius 1 is 1.26 bits per heavy atom. The van der Waals surface area contributed by atoms with E-state index in [-0.39, 0.29) is 6.04 Å². The van der Waals surface area contributed by atoms with Crippen molar-refractivity contribution in [1.29, 1.82) is 0 Å². The lowest BCUT2D eigenvalue weighted by Crippen LogP contribution is -2.36. The molecule has 1 aliphatic heterocycles. The van der Waals surface area contributed by atoms with Crippen LogP contribution in [0.3, 0.4) is 0 Å². The van der Waals surface area contributed by atoms with Crippen LogP contribution < -0.4 is 10.6 Å². The van der Waals surface area contributed by atoms with E-state index in [4.69, 9.17) is 10.2 Å². The van der Waals surface area contributed by atoms with Gasteiger partial charge in [-0.15, -0.1) is 0 Å². The Bertz CT molecular complexity index is 817. The molecule has 0 unspecified atom stereocenters. The summed E-state index contributed by atoms with van der Waals surface area (Å²) in [5, 5.41) is 0.924. The minimum atomic E-state index is 0.185. The molecule has 0 aromatic carbocycles. The first-order valence-corrected chi connectivity index (χ1v) is 7.89. The Morgan fingerprint density at radius 3 is 3.00 bits per heavy atom. The van der Waals surface area contributed by atoms with E-state index < -0.39 is 0 Å². The molecule has 2 N–H and O–H groups in total. The second kappa shape index (κ2) is 5.53. The zero-order chi connectivity index (χ0) is 15.8. The van der Waals surface area contributed by atoms with Crippen LogP contribution in [0.1, 0.15) is 31.6 Å². The van der Waals surface area contributed by atoms with Gasteiger partial charge in [0.1, 0.15) is 23.7 Å². The highest BCUT2D eigenvalue weighted by molar-refractivity contribution is 5.87. The third-order valence-electron chi connectivity index (χ3n) is 4.51. The first-order chi connectivity index (χ1) is 11.2. The molecule has 0 radical (unpaired) electrons. The highest BCUT2D eigenvalue weighted by Gasteiger charge is 2.31.